The van der Waals surface area contributed by atoms with E-state index >= 15 is 0 Å². The highest BCUT2D eigenvalue weighted by atomic mass is 16.2. The summed E-state index contributed by atoms with van der Waals surface area (Å²) in [5, 5.41) is 11.2. The van der Waals surface area contributed by atoms with Crippen LogP contribution in [0.1, 0.15) is 12.5 Å². The summed E-state index contributed by atoms with van der Waals surface area (Å²) in [7, 11) is 3.64. The topological polar surface area (TPSA) is 63.1 Å². The Morgan fingerprint density at radius 3 is 2.81 bits per heavy atom. The number of aromatic nitrogens is 3. The predicted octanol–water partition coefficient (Wildman–Crippen LogP) is 0.936. The summed E-state index contributed by atoms with van der Waals surface area (Å²) in [4.78, 5) is 13.9. The fraction of sp³-hybridized carbons (Fsp3) is 0.400. The van der Waals surface area contributed by atoms with E-state index in [0.717, 1.165) is 24.2 Å². The van der Waals surface area contributed by atoms with Crippen molar-refractivity contribution in [3.05, 3.63) is 36.5 Å². The molecule has 110 valence electrons. The minimum Gasteiger partial charge on any atom is -0.358 e. The van der Waals surface area contributed by atoms with E-state index in [1.54, 1.807) is 7.05 Å². The number of nitrogens with one attached hydrogen (secondary N) is 1. The first-order valence-electron chi connectivity index (χ1n) is 7.08. The van der Waals surface area contributed by atoms with E-state index in [-0.39, 0.29) is 18.0 Å². The molecule has 0 aliphatic carbocycles. The number of nitrogens with zero attached hydrogens (tertiary/aromatic N) is 4. The lowest BCUT2D eigenvalue weighted by Crippen LogP contribution is -2.39. The Bertz CT molecular complexity index is 624. The van der Waals surface area contributed by atoms with Crippen LogP contribution in [0.4, 0.5) is 0 Å². The van der Waals surface area contributed by atoms with Gasteiger partial charge in [-0.3, -0.25) is 9.69 Å². The largest absolute Gasteiger partial charge is 0.358 e. The Morgan fingerprint density at radius 1 is 1.33 bits per heavy atom. The van der Waals surface area contributed by atoms with Crippen molar-refractivity contribution in [3.63, 3.8) is 0 Å². The number of carbonyl (C=O) groups is 1. The second kappa shape index (κ2) is 5.65. The molecule has 3 rings (SSSR count). The van der Waals surface area contributed by atoms with Crippen molar-refractivity contribution in [2.24, 2.45) is 0 Å². The molecule has 1 aromatic carbocycles. The predicted molar refractivity (Wildman–Crippen MR) is 79.6 cm³/mol. The maximum Gasteiger partial charge on any atom is 0.237 e. The quantitative estimate of drug-likeness (QED) is 0.911. The van der Waals surface area contributed by atoms with Crippen LogP contribution in [0.3, 0.4) is 0 Å². The van der Waals surface area contributed by atoms with Crippen LogP contribution in [0.25, 0.3) is 11.3 Å². The van der Waals surface area contributed by atoms with Gasteiger partial charge >= 0.3 is 0 Å². The van der Waals surface area contributed by atoms with Crippen LogP contribution in [-0.2, 0) is 4.79 Å². The van der Waals surface area contributed by atoms with Crippen molar-refractivity contribution < 1.29 is 4.79 Å². The number of likely N-dealkylation sites (tertiary alicyclic amines) is 1. The van der Waals surface area contributed by atoms with Crippen LogP contribution >= 0.6 is 0 Å². The Labute approximate surface area is 123 Å². The molecule has 1 saturated heterocycles. The van der Waals surface area contributed by atoms with Gasteiger partial charge in [-0.25, -0.2) is 4.68 Å². The summed E-state index contributed by atoms with van der Waals surface area (Å²) < 4.78 is 1.88. The van der Waals surface area contributed by atoms with Crippen molar-refractivity contribution in [3.8, 4) is 11.3 Å². The van der Waals surface area contributed by atoms with Gasteiger partial charge in [0.15, 0.2) is 0 Å². The van der Waals surface area contributed by atoms with Gasteiger partial charge in [-0.15, -0.1) is 5.10 Å². The third-order valence-corrected chi connectivity index (χ3v) is 4.03. The highest BCUT2D eigenvalue weighted by molar-refractivity contribution is 5.81. The summed E-state index contributed by atoms with van der Waals surface area (Å²) in [5.74, 6) is 0.0587. The lowest BCUT2D eigenvalue weighted by molar-refractivity contribution is -0.124. The van der Waals surface area contributed by atoms with E-state index < -0.39 is 0 Å². The van der Waals surface area contributed by atoms with Crippen molar-refractivity contribution in [1.29, 1.82) is 0 Å². The lowest BCUT2D eigenvalue weighted by atomic mass is 10.1. The Hall–Kier alpha value is -2.21. The molecule has 1 fully saturated rings. The van der Waals surface area contributed by atoms with Gasteiger partial charge in [0, 0.05) is 19.2 Å². The number of hydrogen-bond acceptors (Lipinski definition) is 4. The smallest absolute Gasteiger partial charge is 0.237 e. The van der Waals surface area contributed by atoms with Crippen LogP contribution in [0.15, 0.2) is 36.5 Å². The molecule has 1 aliphatic rings. The van der Waals surface area contributed by atoms with Gasteiger partial charge in [-0.2, -0.15) is 0 Å². The maximum atomic E-state index is 11.8. The molecule has 6 nitrogen and oxygen atoms in total. The van der Waals surface area contributed by atoms with E-state index in [0.29, 0.717) is 0 Å². The molecule has 1 amide bonds. The third kappa shape index (κ3) is 2.67. The van der Waals surface area contributed by atoms with Gasteiger partial charge in [0.25, 0.3) is 0 Å². The summed E-state index contributed by atoms with van der Waals surface area (Å²) >= 11 is 0. The molecule has 1 N–H and O–H groups in total. The number of benzene rings is 1. The molecule has 1 aliphatic heterocycles. The maximum absolute atomic E-state index is 11.8. The van der Waals surface area contributed by atoms with Crippen molar-refractivity contribution >= 4 is 5.91 Å². The molecular weight excluding hydrogens is 266 g/mol. The molecule has 0 radical (unpaired) electrons. The highest BCUT2D eigenvalue weighted by Gasteiger charge is 2.35. The summed E-state index contributed by atoms with van der Waals surface area (Å²) in [5.41, 5.74) is 1.92. The normalized spacial score (nSPS) is 22.4. The number of hydrogen-bond donors (Lipinski definition) is 1. The average Bonchev–Trinajstić information content (AvgIpc) is 3.14. The van der Waals surface area contributed by atoms with Crippen LogP contribution in [-0.4, -0.2) is 52.5 Å². The fourth-order valence-electron chi connectivity index (χ4n) is 2.83. The van der Waals surface area contributed by atoms with Gasteiger partial charge in [0.1, 0.15) is 5.69 Å². The minimum absolute atomic E-state index is 0.0587. The minimum atomic E-state index is -0.0932. The van der Waals surface area contributed by atoms with E-state index in [1.807, 2.05) is 48.3 Å². The number of likely N-dealkylation sites (N-methyl/N-ethyl adjacent to an activating group) is 2. The second-order valence-corrected chi connectivity index (χ2v) is 5.41. The van der Waals surface area contributed by atoms with E-state index in [9.17, 15) is 4.79 Å². The molecule has 6 heteroatoms. The molecule has 2 atom stereocenters. The van der Waals surface area contributed by atoms with Crippen LogP contribution in [0.5, 0.6) is 0 Å². The first-order chi connectivity index (χ1) is 10.2. The molecule has 0 unspecified atom stereocenters. The zero-order valence-electron chi connectivity index (χ0n) is 12.2. The van der Waals surface area contributed by atoms with Crippen LogP contribution in [0, 0.1) is 0 Å². The van der Waals surface area contributed by atoms with Crippen LogP contribution < -0.4 is 5.32 Å². The molecule has 0 bridgehead atoms. The van der Waals surface area contributed by atoms with E-state index in [1.165, 1.54) is 0 Å². The number of amides is 1. The van der Waals surface area contributed by atoms with Crippen molar-refractivity contribution in [1.82, 2.24) is 25.2 Å². The summed E-state index contributed by atoms with van der Waals surface area (Å²) in [6.07, 6.45) is 2.72. The number of carbonyl (C=O) groups excluding carboxylic acids is 1. The average molecular weight is 285 g/mol. The summed E-state index contributed by atoms with van der Waals surface area (Å²) in [6.45, 7) is 0.801. The molecule has 21 heavy (non-hydrogen) atoms. The first-order valence-corrected chi connectivity index (χ1v) is 7.08. The lowest BCUT2D eigenvalue weighted by Gasteiger charge is -2.16. The van der Waals surface area contributed by atoms with Gasteiger partial charge in [-0.05, 0) is 13.5 Å². The third-order valence-electron chi connectivity index (χ3n) is 4.03. The monoisotopic (exact) mass is 285 g/mol. The standard InChI is InChI=1S/C15H19N5O/c1-16-15(21)14-8-12(9-19(14)2)20-10-13(17-18-20)11-6-4-3-5-7-11/h3-7,10,12,14H,8-9H2,1-2H3,(H,16,21)/t12-,14-/m0/s1. The van der Waals surface area contributed by atoms with Crippen molar-refractivity contribution in [2.45, 2.75) is 18.5 Å². The van der Waals surface area contributed by atoms with Gasteiger partial charge < -0.3 is 5.32 Å². The fourth-order valence-corrected chi connectivity index (χ4v) is 2.83. The Kier molecular flexibility index (Phi) is 3.70. The second-order valence-electron chi connectivity index (χ2n) is 5.41. The van der Waals surface area contributed by atoms with E-state index in [4.69, 9.17) is 0 Å². The van der Waals surface area contributed by atoms with Gasteiger partial charge in [0.05, 0.1) is 18.3 Å². The zero-order chi connectivity index (χ0) is 14.8. The van der Waals surface area contributed by atoms with E-state index in [2.05, 4.69) is 20.5 Å². The van der Waals surface area contributed by atoms with Crippen LogP contribution in [0.2, 0.25) is 0 Å². The van der Waals surface area contributed by atoms with Crippen molar-refractivity contribution in [2.75, 3.05) is 20.6 Å². The molecular formula is C15H19N5O. The number of rotatable bonds is 3. The first kappa shape index (κ1) is 13.8. The van der Waals surface area contributed by atoms with Gasteiger partial charge in [0.2, 0.25) is 5.91 Å². The molecule has 2 heterocycles. The molecule has 1 aromatic heterocycles. The Morgan fingerprint density at radius 2 is 2.10 bits per heavy atom. The highest BCUT2D eigenvalue weighted by Crippen LogP contribution is 2.26. The molecule has 0 saturated carbocycles. The van der Waals surface area contributed by atoms with Gasteiger partial charge in [-0.1, -0.05) is 35.5 Å². The molecule has 0 spiro atoms. The molecule has 2 aromatic rings. The Balaban J connectivity index is 1.77. The summed E-state index contributed by atoms with van der Waals surface area (Å²) in [6, 6.07) is 10.1. The zero-order valence-corrected chi connectivity index (χ0v) is 12.2. The SMILES string of the molecule is CNC(=O)[C@@H]1C[C@H](n2cc(-c3ccccc3)nn2)CN1C.